The van der Waals surface area contributed by atoms with Gasteiger partial charge in [0.25, 0.3) is 0 Å². The zero-order valence-corrected chi connectivity index (χ0v) is 21.7. The molecule has 0 bridgehead atoms. The Bertz CT molecular complexity index is 1300. The fourth-order valence-electron chi connectivity index (χ4n) is 5.21. The standard InChI is InChI=1S/C27H29ClF2N3OP/c1-18-21(19-5-7-20(8-6-19)35(34)14-12-32(2)13-15-35)16-31-25-4-3-11-33(27(18)25)17-22-23(29)9-10-24(30)26(22)28/h5-10,16H,3-4,11-15,17H2,1-2H3. The summed E-state index contributed by atoms with van der Waals surface area (Å²) >= 11 is 6.13. The third-order valence-electron chi connectivity index (χ3n) is 7.36. The SMILES string of the molecule is Cc1c(-c2ccc(P3(=O)CCN(C)CC3)cc2)cnc2c1N(Cc1c(F)ccc(F)c1Cl)CCC2. The van der Waals surface area contributed by atoms with E-state index in [4.69, 9.17) is 16.6 Å². The smallest absolute Gasteiger partial charge is 0.142 e. The summed E-state index contributed by atoms with van der Waals surface area (Å²) in [7, 11) is -0.284. The maximum atomic E-state index is 14.5. The molecule has 4 nitrogen and oxygen atoms in total. The lowest BCUT2D eigenvalue weighted by Crippen LogP contribution is -2.34. The van der Waals surface area contributed by atoms with E-state index < -0.39 is 18.8 Å². The van der Waals surface area contributed by atoms with Gasteiger partial charge in [0.05, 0.1) is 16.4 Å². The highest BCUT2D eigenvalue weighted by molar-refractivity contribution is 7.71. The van der Waals surface area contributed by atoms with E-state index in [1.807, 2.05) is 37.4 Å². The maximum absolute atomic E-state index is 14.5. The van der Waals surface area contributed by atoms with Gasteiger partial charge in [0, 0.05) is 61.1 Å². The molecule has 2 aliphatic heterocycles. The molecule has 5 rings (SSSR count). The Balaban J connectivity index is 1.47. The maximum Gasteiger partial charge on any atom is 0.142 e. The molecule has 0 N–H and O–H groups in total. The lowest BCUT2D eigenvalue weighted by molar-refractivity contribution is 0.361. The molecule has 3 aromatic rings. The molecule has 0 unspecified atom stereocenters. The van der Waals surface area contributed by atoms with Crippen molar-refractivity contribution in [2.24, 2.45) is 0 Å². The molecule has 0 saturated carbocycles. The summed E-state index contributed by atoms with van der Waals surface area (Å²) in [6.07, 6.45) is 5.04. The molecule has 0 amide bonds. The van der Waals surface area contributed by atoms with Crippen molar-refractivity contribution in [2.75, 3.05) is 43.9 Å². The van der Waals surface area contributed by atoms with Crippen LogP contribution in [0.4, 0.5) is 14.5 Å². The first-order valence-corrected chi connectivity index (χ1v) is 14.5. The van der Waals surface area contributed by atoms with Gasteiger partial charge >= 0.3 is 0 Å². The summed E-state index contributed by atoms with van der Waals surface area (Å²) in [5.74, 6) is -1.13. The molecule has 0 radical (unpaired) electrons. The van der Waals surface area contributed by atoms with Gasteiger partial charge in [0.1, 0.15) is 18.8 Å². The van der Waals surface area contributed by atoms with E-state index in [2.05, 4.69) is 16.8 Å². The monoisotopic (exact) mass is 515 g/mol. The molecule has 35 heavy (non-hydrogen) atoms. The number of aryl methyl sites for hydroxylation is 1. The van der Waals surface area contributed by atoms with Crippen LogP contribution in [0.2, 0.25) is 5.02 Å². The van der Waals surface area contributed by atoms with Crippen LogP contribution in [0.3, 0.4) is 0 Å². The molecule has 8 heteroatoms. The Morgan fingerprint density at radius 2 is 1.71 bits per heavy atom. The summed E-state index contributed by atoms with van der Waals surface area (Å²) in [5, 5.41) is 0.772. The van der Waals surface area contributed by atoms with Gasteiger partial charge in [-0.05, 0) is 50.1 Å². The van der Waals surface area contributed by atoms with Gasteiger partial charge in [-0.25, -0.2) is 8.78 Å². The van der Waals surface area contributed by atoms with Crippen LogP contribution in [-0.2, 0) is 17.5 Å². The topological polar surface area (TPSA) is 36.4 Å². The summed E-state index contributed by atoms with van der Waals surface area (Å²) in [4.78, 5) is 9.02. The number of hydrogen-bond acceptors (Lipinski definition) is 4. The van der Waals surface area contributed by atoms with Gasteiger partial charge in [-0.1, -0.05) is 35.9 Å². The van der Waals surface area contributed by atoms with Crippen LogP contribution in [0.5, 0.6) is 0 Å². The molecule has 1 fully saturated rings. The predicted molar refractivity (Wildman–Crippen MR) is 140 cm³/mol. The van der Waals surface area contributed by atoms with E-state index in [-0.39, 0.29) is 17.1 Å². The molecule has 184 valence electrons. The Morgan fingerprint density at radius 1 is 1.03 bits per heavy atom. The molecule has 1 saturated heterocycles. The van der Waals surface area contributed by atoms with E-state index >= 15 is 0 Å². The third kappa shape index (κ3) is 4.64. The number of rotatable bonds is 4. The molecule has 2 aromatic carbocycles. The van der Waals surface area contributed by atoms with E-state index in [0.29, 0.717) is 6.54 Å². The Labute approximate surface area is 210 Å². The van der Waals surface area contributed by atoms with Crippen molar-refractivity contribution in [3.05, 3.63) is 76.1 Å². The molecule has 1 aromatic heterocycles. The van der Waals surface area contributed by atoms with E-state index in [1.54, 1.807) is 0 Å². The van der Waals surface area contributed by atoms with Crippen molar-refractivity contribution >= 4 is 29.7 Å². The van der Waals surface area contributed by atoms with Gasteiger partial charge in [-0.15, -0.1) is 0 Å². The number of pyridine rings is 1. The fourth-order valence-corrected chi connectivity index (χ4v) is 8.18. The normalized spacial score (nSPS) is 17.9. The van der Waals surface area contributed by atoms with Crippen LogP contribution in [0, 0.1) is 18.6 Å². The number of hydrogen-bond donors (Lipinski definition) is 0. The molecule has 0 aliphatic carbocycles. The van der Waals surface area contributed by atoms with E-state index in [1.165, 1.54) is 0 Å². The Kier molecular flexibility index (Phi) is 6.73. The van der Waals surface area contributed by atoms with Crippen LogP contribution in [-0.4, -0.2) is 48.9 Å². The predicted octanol–water partition coefficient (Wildman–Crippen LogP) is 5.88. The second kappa shape index (κ2) is 9.65. The van der Waals surface area contributed by atoms with Gasteiger partial charge in [-0.2, -0.15) is 0 Å². The first-order chi connectivity index (χ1) is 16.8. The van der Waals surface area contributed by atoms with Crippen LogP contribution in [0.25, 0.3) is 11.1 Å². The van der Waals surface area contributed by atoms with Crippen molar-refractivity contribution in [3.63, 3.8) is 0 Å². The van der Waals surface area contributed by atoms with E-state index in [0.717, 1.165) is 83.8 Å². The minimum absolute atomic E-state index is 0.163. The van der Waals surface area contributed by atoms with Crippen molar-refractivity contribution in [3.8, 4) is 11.1 Å². The largest absolute Gasteiger partial charge is 0.365 e. The second-order valence-corrected chi connectivity index (χ2v) is 13.2. The number of aromatic nitrogens is 1. The minimum atomic E-state index is -2.35. The molecule has 0 spiro atoms. The fraction of sp³-hybridized carbons (Fsp3) is 0.370. The Morgan fingerprint density at radius 3 is 2.43 bits per heavy atom. The lowest BCUT2D eigenvalue weighted by Gasteiger charge is -2.33. The Hall–Kier alpha value is -2.27. The number of benzene rings is 2. The average Bonchev–Trinajstić information content (AvgIpc) is 2.86. The number of anilines is 1. The first-order valence-electron chi connectivity index (χ1n) is 12.0. The van der Waals surface area contributed by atoms with Crippen molar-refractivity contribution in [1.29, 1.82) is 0 Å². The molecular formula is C27H29ClF2N3OP. The summed E-state index contributed by atoms with van der Waals surface area (Å²) in [6, 6.07) is 10.2. The highest BCUT2D eigenvalue weighted by Gasteiger charge is 2.29. The number of nitrogens with zero attached hydrogens (tertiary/aromatic N) is 3. The molecular weight excluding hydrogens is 487 g/mol. The average molecular weight is 516 g/mol. The van der Waals surface area contributed by atoms with Crippen molar-refractivity contribution in [1.82, 2.24) is 9.88 Å². The van der Waals surface area contributed by atoms with Gasteiger partial charge < -0.3 is 14.4 Å². The highest BCUT2D eigenvalue weighted by Crippen LogP contribution is 2.46. The summed E-state index contributed by atoms with van der Waals surface area (Å²) < 4.78 is 42.0. The highest BCUT2D eigenvalue weighted by atomic mass is 35.5. The zero-order valence-electron chi connectivity index (χ0n) is 20.0. The van der Waals surface area contributed by atoms with Gasteiger partial charge in [-0.3, -0.25) is 4.98 Å². The second-order valence-electron chi connectivity index (χ2n) is 9.63. The van der Waals surface area contributed by atoms with Crippen LogP contribution in [0.1, 0.15) is 23.2 Å². The zero-order chi connectivity index (χ0) is 24.7. The lowest BCUT2D eigenvalue weighted by atomic mass is 9.96. The van der Waals surface area contributed by atoms with E-state index in [9.17, 15) is 13.3 Å². The number of fused-ring (bicyclic) bond motifs is 1. The quantitative estimate of drug-likeness (QED) is 0.321. The molecule has 3 heterocycles. The van der Waals surface area contributed by atoms with Crippen molar-refractivity contribution < 1.29 is 13.3 Å². The first kappa shape index (κ1) is 24.4. The van der Waals surface area contributed by atoms with Crippen LogP contribution < -0.4 is 10.2 Å². The molecule has 0 atom stereocenters. The number of halogens is 3. The van der Waals surface area contributed by atoms with Gasteiger partial charge in [0.15, 0.2) is 0 Å². The summed E-state index contributed by atoms with van der Waals surface area (Å²) in [6.45, 7) is 4.65. The van der Waals surface area contributed by atoms with Gasteiger partial charge in [0.2, 0.25) is 0 Å². The van der Waals surface area contributed by atoms with Crippen LogP contribution in [0.15, 0.2) is 42.6 Å². The minimum Gasteiger partial charge on any atom is -0.365 e. The molecule has 2 aliphatic rings. The summed E-state index contributed by atoms with van der Waals surface area (Å²) in [5.41, 5.74) is 5.11. The van der Waals surface area contributed by atoms with Crippen LogP contribution >= 0.6 is 18.7 Å². The third-order valence-corrected chi connectivity index (χ3v) is 10.9. The van der Waals surface area contributed by atoms with Crippen molar-refractivity contribution in [2.45, 2.75) is 26.3 Å².